The molecular weight excluding hydrogens is 472 g/mol. The summed E-state index contributed by atoms with van der Waals surface area (Å²) in [6.45, 7) is 5.83. The summed E-state index contributed by atoms with van der Waals surface area (Å²) in [5.74, 6) is 0.912. The molecule has 0 saturated heterocycles. The van der Waals surface area contributed by atoms with Crippen molar-refractivity contribution in [3.05, 3.63) is 48.5 Å². The van der Waals surface area contributed by atoms with Gasteiger partial charge in [-0.25, -0.2) is 8.42 Å². The van der Waals surface area contributed by atoms with E-state index in [0.717, 1.165) is 25.7 Å². The monoisotopic (exact) mass is 510 g/mol. The van der Waals surface area contributed by atoms with Crippen molar-refractivity contribution in [1.82, 2.24) is 0 Å². The summed E-state index contributed by atoms with van der Waals surface area (Å²) in [5, 5.41) is 19.8. The minimum atomic E-state index is -3.72. The van der Waals surface area contributed by atoms with Gasteiger partial charge in [-0.1, -0.05) is 26.7 Å². The Bertz CT molecular complexity index is 857. The first-order valence-electron chi connectivity index (χ1n) is 12.1. The molecule has 0 aromatic heterocycles. The van der Waals surface area contributed by atoms with Crippen LogP contribution in [0.1, 0.15) is 39.5 Å². The normalized spacial score (nSPS) is 13.4. The first-order valence-corrected chi connectivity index (χ1v) is 13.6. The van der Waals surface area contributed by atoms with E-state index in [9.17, 15) is 18.6 Å². The highest BCUT2D eigenvalue weighted by atomic mass is 32.2. The van der Waals surface area contributed by atoms with Crippen molar-refractivity contribution in [3.63, 3.8) is 0 Å². The Morgan fingerprint density at radius 3 is 1.37 bits per heavy atom. The average molecular weight is 511 g/mol. The van der Waals surface area contributed by atoms with E-state index in [1.807, 2.05) is 0 Å². The molecule has 9 heteroatoms. The maximum atomic E-state index is 12.9. The summed E-state index contributed by atoms with van der Waals surface area (Å²) < 4.78 is 47.6. The van der Waals surface area contributed by atoms with Gasteiger partial charge in [-0.3, -0.25) is 0 Å². The molecule has 0 aliphatic heterocycles. The summed E-state index contributed by atoms with van der Waals surface area (Å²) in [6, 6.07) is 12.1. The van der Waals surface area contributed by atoms with E-state index in [2.05, 4.69) is 13.8 Å². The third-order valence-corrected chi connectivity index (χ3v) is 6.84. The number of hydrogen-bond acceptors (Lipinski definition) is 8. The van der Waals surface area contributed by atoms with Crippen LogP contribution < -0.4 is 9.47 Å². The van der Waals surface area contributed by atoms with Crippen LogP contribution in [-0.4, -0.2) is 70.5 Å². The van der Waals surface area contributed by atoms with Gasteiger partial charge in [0.2, 0.25) is 9.84 Å². The van der Waals surface area contributed by atoms with Gasteiger partial charge in [-0.2, -0.15) is 0 Å². The van der Waals surface area contributed by atoms with Gasteiger partial charge < -0.3 is 29.2 Å². The molecule has 0 radical (unpaired) electrons. The van der Waals surface area contributed by atoms with Gasteiger partial charge in [0.05, 0.1) is 23.0 Å². The van der Waals surface area contributed by atoms with Gasteiger partial charge in [-0.15, -0.1) is 0 Å². The zero-order valence-corrected chi connectivity index (χ0v) is 21.4. The fraction of sp³-hybridized carbons (Fsp3) is 0.538. The predicted molar refractivity (Wildman–Crippen MR) is 133 cm³/mol. The van der Waals surface area contributed by atoms with Crippen molar-refractivity contribution >= 4 is 9.84 Å². The Labute approximate surface area is 208 Å². The van der Waals surface area contributed by atoms with Crippen molar-refractivity contribution in [3.8, 4) is 11.5 Å². The molecule has 2 aromatic rings. The molecule has 0 aliphatic rings. The second kappa shape index (κ2) is 15.7. The van der Waals surface area contributed by atoms with Crippen LogP contribution in [0.2, 0.25) is 0 Å². The molecule has 2 aromatic carbocycles. The van der Waals surface area contributed by atoms with Crippen molar-refractivity contribution in [2.75, 3.05) is 39.6 Å². The maximum absolute atomic E-state index is 12.9. The van der Waals surface area contributed by atoms with Crippen molar-refractivity contribution in [2.24, 2.45) is 0 Å². The van der Waals surface area contributed by atoms with Crippen LogP contribution in [0.5, 0.6) is 11.5 Å². The lowest BCUT2D eigenvalue weighted by Gasteiger charge is -2.14. The van der Waals surface area contributed by atoms with Crippen molar-refractivity contribution in [1.29, 1.82) is 0 Å². The standard InChI is InChI=1S/C26H38O8S/c1-3-5-15-31-17-21(27)19-33-23-7-11-25(12-8-23)35(29,30)26-13-9-24(10-14-26)34-20-22(28)18-32-16-6-4-2/h7-14,21-22,27-28H,3-6,15-20H2,1-2H3. The third kappa shape index (κ3) is 10.5. The van der Waals surface area contributed by atoms with Crippen LogP contribution in [0.15, 0.2) is 58.3 Å². The zero-order chi connectivity index (χ0) is 25.5. The van der Waals surface area contributed by atoms with Crippen LogP contribution in [0, 0.1) is 0 Å². The first-order chi connectivity index (χ1) is 16.9. The second-order valence-corrected chi connectivity index (χ2v) is 10.2. The highest BCUT2D eigenvalue weighted by molar-refractivity contribution is 7.91. The lowest BCUT2D eigenvalue weighted by molar-refractivity contribution is 0.0113. The third-order valence-electron chi connectivity index (χ3n) is 5.06. The Morgan fingerprint density at radius 1 is 0.657 bits per heavy atom. The molecular formula is C26H38O8S. The van der Waals surface area contributed by atoms with Gasteiger partial charge in [0.1, 0.15) is 36.9 Å². The number of rotatable bonds is 18. The Kier molecular flexibility index (Phi) is 13.1. The van der Waals surface area contributed by atoms with Gasteiger partial charge in [-0.05, 0) is 61.4 Å². The summed E-state index contributed by atoms with van der Waals surface area (Å²) >= 11 is 0. The molecule has 2 atom stereocenters. The van der Waals surface area contributed by atoms with Gasteiger partial charge in [0.15, 0.2) is 0 Å². The highest BCUT2D eigenvalue weighted by Crippen LogP contribution is 2.25. The van der Waals surface area contributed by atoms with E-state index in [1.165, 1.54) is 24.3 Å². The molecule has 35 heavy (non-hydrogen) atoms. The molecule has 8 nitrogen and oxygen atoms in total. The van der Waals surface area contributed by atoms with E-state index in [-0.39, 0.29) is 36.2 Å². The SMILES string of the molecule is CCCCOCC(O)COc1ccc(S(=O)(=O)c2ccc(OCC(O)COCCCC)cc2)cc1. The van der Waals surface area contributed by atoms with Crippen LogP contribution in [0.4, 0.5) is 0 Å². The van der Waals surface area contributed by atoms with Gasteiger partial charge in [0.25, 0.3) is 0 Å². The number of hydrogen-bond donors (Lipinski definition) is 2. The molecule has 2 N–H and O–H groups in total. The van der Waals surface area contributed by atoms with E-state index < -0.39 is 22.0 Å². The van der Waals surface area contributed by atoms with E-state index in [1.54, 1.807) is 24.3 Å². The molecule has 2 rings (SSSR count). The molecule has 0 fully saturated rings. The Morgan fingerprint density at radius 2 is 1.03 bits per heavy atom. The number of aliphatic hydroxyl groups is 2. The molecule has 196 valence electrons. The largest absolute Gasteiger partial charge is 0.491 e. The number of aliphatic hydroxyl groups excluding tert-OH is 2. The van der Waals surface area contributed by atoms with E-state index in [4.69, 9.17) is 18.9 Å². The number of ether oxygens (including phenoxy) is 4. The topological polar surface area (TPSA) is 112 Å². The minimum Gasteiger partial charge on any atom is -0.491 e. The van der Waals surface area contributed by atoms with Crippen LogP contribution >= 0.6 is 0 Å². The fourth-order valence-electron chi connectivity index (χ4n) is 2.98. The zero-order valence-electron chi connectivity index (χ0n) is 20.6. The quantitative estimate of drug-likeness (QED) is 0.293. The van der Waals surface area contributed by atoms with Crippen LogP contribution in [0.3, 0.4) is 0 Å². The summed E-state index contributed by atoms with van der Waals surface area (Å²) in [7, 11) is -3.72. The Balaban J connectivity index is 1.84. The second-order valence-electron chi connectivity index (χ2n) is 8.23. The molecule has 0 bridgehead atoms. The number of benzene rings is 2. The predicted octanol–water partition coefficient (Wildman–Crippen LogP) is 3.63. The fourth-order valence-corrected chi connectivity index (χ4v) is 4.24. The van der Waals surface area contributed by atoms with E-state index in [0.29, 0.717) is 24.7 Å². The molecule has 0 aliphatic carbocycles. The smallest absolute Gasteiger partial charge is 0.206 e. The first kappa shape index (κ1) is 29.1. The van der Waals surface area contributed by atoms with Crippen LogP contribution in [0.25, 0.3) is 0 Å². The van der Waals surface area contributed by atoms with Crippen molar-refractivity contribution in [2.45, 2.75) is 61.5 Å². The molecule has 2 unspecified atom stereocenters. The van der Waals surface area contributed by atoms with Gasteiger partial charge in [0, 0.05) is 13.2 Å². The van der Waals surface area contributed by atoms with E-state index >= 15 is 0 Å². The van der Waals surface area contributed by atoms with Crippen LogP contribution in [-0.2, 0) is 19.3 Å². The highest BCUT2D eigenvalue weighted by Gasteiger charge is 2.18. The number of unbranched alkanes of at least 4 members (excludes halogenated alkanes) is 2. The lowest BCUT2D eigenvalue weighted by atomic mass is 10.3. The Hall–Kier alpha value is -2.17. The number of sulfone groups is 1. The minimum absolute atomic E-state index is 0.0548. The molecule has 0 amide bonds. The lowest BCUT2D eigenvalue weighted by Crippen LogP contribution is -2.23. The molecule has 0 spiro atoms. The maximum Gasteiger partial charge on any atom is 0.206 e. The van der Waals surface area contributed by atoms with Gasteiger partial charge >= 0.3 is 0 Å². The summed E-state index contributed by atoms with van der Waals surface area (Å²) in [6.07, 6.45) is 2.42. The summed E-state index contributed by atoms with van der Waals surface area (Å²) in [4.78, 5) is 0.253. The molecule has 0 saturated carbocycles. The average Bonchev–Trinajstić information content (AvgIpc) is 2.87. The molecule has 0 heterocycles. The van der Waals surface area contributed by atoms with Crippen molar-refractivity contribution < 1.29 is 37.6 Å². The summed E-state index contributed by atoms with van der Waals surface area (Å²) in [5.41, 5.74) is 0.